The number of hydrogen-bond donors (Lipinski definition) is 1. The summed E-state index contributed by atoms with van der Waals surface area (Å²) in [5.41, 5.74) is 1.46. The first-order valence-corrected chi connectivity index (χ1v) is 7.66. The number of fused-ring (bicyclic) bond motifs is 1. The average molecular weight is 260 g/mol. The fourth-order valence-electron chi connectivity index (χ4n) is 2.79. The second-order valence-corrected chi connectivity index (χ2v) is 6.67. The van der Waals surface area contributed by atoms with Crippen molar-refractivity contribution in [3.05, 3.63) is 29.3 Å². The van der Waals surface area contributed by atoms with Crippen LogP contribution >= 0.6 is 11.3 Å². The number of rotatable bonds is 3. The van der Waals surface area contributed by atoms with Crippen molar-refractivity contribution >= 4 is 21.6 Å². The third-order valence-corrected chi connectivity index (χ3v) is 5.00. The van der Waals surface area contributed by atoms with Crippen molar-refractivity contribution in [1.29, 1.82) is 0 Å². The normalized spacial score (nSPS) is 19.2. The molecule has 2 aromatic rings. The Labute approximate surface area is 112 Å². The van der Waals surface area contributed by atoms with Crippen LogP contribution in [-0.2, 0) is 6.54 Å². The summed E-state index contributed by atoms with van der Waals surface area (Å²) in [6.07, 6.45) is 6.74. The maximum Gasteiger partial charge on any atom is 0.108 e. The van der Waals surface area contributed by atoms with Gasteiger partial charge in [-0.15, -0.1) is 11.3 Å². The van der Waals surface area contributed by atoms with Gasteiger partial charge in [0.2, 0.25) is 0 Å². The molecule has 1 aromatic carbocycles. The third-order valence-electron chi connectivity index (χ3n) is 3.96. The van der Waals surface area contributed by atoms with Crippen LogP contribution in [0.25, 0.3) is 10.2 Å². The maximum absolute atomic E-state index is 4.68. The molecule has 1 aliphatic rings. The molecule has 1 aromatic heterocycles. The van der Waals surface area contributed by atoms with Crippen LogP contribution in [0.4, 0.5) is 0 Å². The zero-order chi connectivity index (χ0) is 12.4. The minimum absolute atomic E-state index is 0.329. The molecule has 0 aliphatic heterocycles. The van der Waals surface area contributed by atoms with E-state index in [0.29, 0.717) is 5.54 Å². The molecule has 1 aliphatic carbocycles. The Morgan fingerprint density at radius 3 is 2.78 bits per heavy atom. The molecule has 0 radical (unpaired) electrons. The van der Waals surface area contributed by atoms with Crippen LogP contribution in [0, 0.1) is 0 Å². The number of thiazole rings is 1. The highest BCUT2D eigenvalue weighted by molar-refractivity contribution is 7.18. The summed E-state index contributed by atoms with van der Waals surface area (Å²) < 4.78 is 1.29. The maximum atomic E-state index is 4.68. The monoisotopic (exact) mass is 260 g/mol. The van der Waals surface area contributed by atoms with Gasteiger partial charge in [-0.25, -0.2) is 4.98 Å². The quantitative estimate of drug-likeness (QED) is 0.898. The molecule has 1 fully saturated rings. The Bertz CT molecular complexity index is 493. The predicted molar refractivity (Wildman–Crippen MR) is 77.9 cm³/mol. The van der Waals surface area contributed by atoms with Crippen molar-refractivity contribution in [1.82, 2.24) is 10.3 Å². The van der Waals surface area contributed by atoms with Gasteiger partial charge in [-0.1, -0.05) is 31.4 Å². The number of benzene rings is 1. The average Bonchev–Trinajstić information content (AvgIpc) is 2.80. The van der Waals surface area contributed by atoms with Crippen LogP contribution in [0.15, 0.2) is 24.3 Å². The van der Waals surface area contributed by atoms with Gasteiger partial charge in [-0.3, -0.25) is 0 Å². The fraction of sp³-hybridized carbons (Fsp3) is 0.533. The SMILES string of the molecule is CC1(NCc2nc3ccccc3s2)CCCCC1. The number of nitrogens with one attached hydrogen (secondary N) is 1. The Balaban J connectivity index is 1.69. The lowest BCUT2D eigenvalue weighted by atomic mass is 9.83. The van der Waals surface area contributed by atoms with Crippen molar-refractivity contribution < 1.29 is 0 Å². The van der Waals surface area contributed by atoms with E-state index in [4.69, 9.17) is 0 Å². The smallest absolute Gasteiger partial charge is 0.108 e. The highest BCUT2D eigenvalue weighted by atomic mass is 32.1. The molecule has 2 nitrogen and oxygen atoms in total. The second-order valence-electron chi connectivity index (χ2n) is 5.55. The predicted octanol–water partition coefficient (Wildman–Crippen LogP) is 4.11. The van der Waals surface area contributed by atoms with E-state index in [2.05, 4.69) is 41.5 Å². The molecule has 0 amide bonds. The van der Waals surface area contributed by atoms with Gasteiger partial charge < -0.3 is 5.32 Å². The largest absolute Gasteiger partial charge is 0.305 e. The highest BCUT2D eigenvalue weighted by Crippen LogP contribution is 2.28. The molecule has 1 heterocycles. The van der Waals surface area contributed by atoms with Crippen molar-refractivity contribution in [2.24, 2.45) is 0 Å². The van der Waals surface area contributed by atoms with Gasteiger partial charge in [-0.2, -0.15) is 0 Å². The molecular formula is C15H20N2S. The number of hydrogen-bond acceptors (Lipinski definition) is 3. The summed E-state index contributed by atoms with van der Waals surface area (Å²) in [5, 5.41) is 4.93. The molecule has 3 rings (SSSR count). The van der Waals surface area contributed by atoms with E-state index in [9.17, 15) is 0 Å². The Hall–Kier alpha value is -0.930. The molecule has 3 heteroatoms. The van der Waals surface area contributed by atoms with Gasteiger partial charge in [0.25, 0.3) is 0 Å². The zero-order valence-electron chi connectivity index (χ0n) is 10.9. The molecule has 0 spiro atoms. The zero-order valence-corrected chi connectivity index (χ0v) is 11.7. The molecule has 1 saturated carbocycles. The lowest BCUT2D eigenvalue weighted by molar-refractivity contribution is 0.252. The molecule has 0 atom stereocenters. The van der Waals surface area contributed by atoms with Gasteiger partial charge in [-0.05, 0) is 31.9 Å². The molecule has 96 valence electrons. The van der Waals surface area contributed by atoms with Crippen LogP contribution in [0.3, 0.4) is 0 Å². The van der Waals surface area contributed by atoms with E-state index in [-0.39, 0.29) is 0 Å². The summed E-state index contributed by atoms with van der Waals surface area (Å²) in [7, 11) is 0. The molecule has 1 N–H and O–H groups in total. The van der Waals surface area contributed by atoms with E-state index in [0.717, 1.165) is 12.1 Å². The van der Waals surface area contributed by atoms with Gasteiger partial charge in [0.1, 0.15) is 5.01 Å². The minimum atomic E-state index is 0.329. The van der Waals surface area contributed by atoms with Crippen LogP contribution in [0.5, 0.6) is 0 Å². The van der Waals surface area contributed by atoms with Crippen molar-refractivity contribution in [3.8, 4) is 0 Å². The van der Waals surface area contributed by atoms with Crippen LogP contribution in [0.1, 0.15) is 44.0 Å². The Morgan fingerprint density at radius 1 is 1.22 bits per heavy atom. The summed E-state index contributed by atoms with van der Waals surface area (Å²) >= 11 is 1.81. The second kappa shape index (κ2) is 4.98. The summed E-state index contributed by atoms with van der Waals surface area (Å²) in [6.45, 7) is 3.27. The Morgan fingerprint density at radius 2 is 2.00 bits per heavy atom. The van der Waals surface area contributed by atoms with Crippen LogP contribution in [0.2, 0.25) is 0 Å². The van der Waals surface area contributed by atoms with E-state index in [1.807, 2.05) is 11.3 Å². The first-order chi connectivity index (χ1) is 8.75. The number of para-hydroxylation sites is 1. The first kappa shape index (κ1) is 12.1. The third kappa shape index (κ3) is 2.57. The fourth-order valence-corrected chi connectivity index (χ4v) is 3.70. The summed E-state index contributed by atoms with van der Waals surface area (Å²) in [6, 6.07) is 8.39. The number of aromatic nitrogens is 1. The van der Waals surface area contributed by atoms with Gasteiger partial charge in [0.05, 0.1) is 10.2 Å². The van der Waals surface area contributed by atoms with Gasteiger partial charge >= 0.3 is 0 Å². The minimum Gasteiger partial charge on any atom is -0.305 e. The molecular weight excluding hydrogens is 240 g/mol. The van der Waals surface area contributed by atoms with Crippen molar-refractivity contribution in [2.75, 3.05) is 0 Å². The molecule has 0 bridgehead atoms. The van der Waals surface area contributed by atoms with E-state index in [1.54, 1.807) is 0 Å². The summed E-state index contributed by atoms with van der Waals surface area (Å²) in [4.78, 5) is 4.68. The van der Waals surface area contributed by atoms with Crippen LogP contribution in [-0.4, -0.2) is 10.5 Å². The lowest BCUT2D eigenvalue weighted by Gasteiger charge is -2.34. The number of nitrogens with zero attached hydrogens (tertiary/aromatic N) is 1. The first-order valence-electron chi connectivity index (χ1n) is 6.85. The topological polar surface area (TPSA) is 24.9 Å². The van der Waals surface area contributed by atoms with Crippen molar-refractivity contribution in [2.45, 2.75) is 51.1 Å². The van der Waals surface area contributed by atoms with Crippen LogP contribution < -0.4 is 5.32 Å². The molecule has 18 heavy (non-hydrogen) atoms. The highest BCUT2D eigenvalue weighted by Gasteiger charge is 2.26. The molecule has 0 saturated heterocycles. The van der Waals surface area contributed by atoms with Gasteiger partial charge in [0, 0.05) is 12.1 Å². The van der Waals surface area contributed by atoms with Gasteiger partial charge in [0.15, 0.2) is 0 Å². The lowest BCUT2D eigenvalue weighted by Crippen LogP contribution is -2.43. The van der Waals surface area contributed by atoms with Crippen molar-refractivity contribution in [3.63, 3.8) is 0 Å². The summed E-state index contributed by atoms with van der Waals surface area (Å²) in [5.74, 6) is 0. The van der Waals surface area contributed by atoms with E-state index in [1.165, 1.54) is 41.8 Å². The van der Waals surface area contributed by atoms with E-state index < -0.39 is 0 Å². The standard InChI is InChI=1S/C15H20N2S/c1-15(9-5-2-6-10-15)16-11-14-17-12-7-3-4-8-13(12)18-14/h3-4,7-8,16H,2,5-6,9-11H2,1H3. The Kier molecular flexibility index (Phi) is 3.35. The molecule has 0 unspecified atom stereocenters. The van der Waals surface area contributed by atoms with E-state index >= 15 is 0 Å².